The fraction of sp³-hybridized carbons (Fsp3) is 0.429. The summed E-state index contributed by atoms with van der Waals surface area (Å²) in [6.45, 7) is 6.56. The van der Waals surface area contributed by atoms with Gasteiger partial charge < -0.3 is 0 Å². The Kier molecular flexibility index (Phi) is 6.98. The van der Waals surface area contributed by atoms with Crippen LogP contribution in [0.3, 0.4) is 0 Å². The summed E-state index contributed by atoms with van der Waals surface area (Å²) in [4.78, 5) is 2.20. The van der Waals surface area contributed by atoms with Crippen LogP contribution in [0.25, 0.3) is 0 Å². The largest absolute Gasteiger partial charge is 0.275 e. The molecule has 1 fully saturated rings. The van der Waals surface area contributed by atoms with Crippen LogP contribution in [-0.2, 0) is 20.0 Å². The van der Waals surface area contributed by atoms with E-state index < -0.39 is 20.0 Å². The van der Waals surface area contributed by atoms with E-state index in [1.54, 1.807) is 48.5 Å². The van der Waals surface area contributed by atoms with E-state index in [0.29, 0.717) is 6.54 Å². The van der Waals surface area contributed by atoms with E-state index >= 15 is 0 Å². The van der Waals surface area contributed by atoms with Gasteiger partial charge in [-0.05, 0) is 44.5 Å². The van der Waals surface area contributed by atoms with Crippen LogP contribution >= 0.6 is 0 Å². The molecule has 164 valence electrons. The first-order valence-corrected chi connectivity index (χ1v) is 12.9. The second-order valence-corrected chi connectivity index (χ2v) is 11.6. The third-order valence-electron chi connectivity index (χ3n) is 5.18. The van der Waals surface area contributed by atoms with E-state index in [-0.39, 0.29) is 29.8 Å². The van der Waals surface area contributed by atoms with Crippen molar-refractivity contribution in [2.45, 2.75) is 43.4 Å². The van der Waals surface area contributed by atoms with Crippen molar-refractivity contribution >= 4 is 20.0 Å². The minimum absolute atomic E-state index is 0.163. The highest BCUT2D eigenvalue weighted by Gasteiger charge is 2.37. The Bertz CT molecular complexity index is 983. The van der Waals surface area contributed by atoms with E-state index in [1.807, 2.05) is 25.7 Å². The zero-order valence-electron chi connectivity index (χ0n) is 17.7. The average Bonchev–Trinajstić information content (AvgIpc) is 2.72. The van der Waals surface area contributed by atoms with Crippen molar-refractivity contribution in [2.24, 2.45) is 0 Å². The molecule has 0 aliphatic carbocycles. The van der Waals surface area contributed by atoms with Crippen LogP contribution in [0.1, 0.15) is 30.9 Å². The Labute approximate surface area is 180 Å². The lowest BCUT2D eigenvalue weighted by molar-refractivity contribution is 0.0626. The fourth-order valence-corrected chi connectivity index (χ4v) is 6.14. The maximum atomic E-state index is 13.2. The van der Waals surface area contributed by atoms with Gasteiger partial charge >= 0.3 is 0 Å². The highest BCUT2D eigenvalue weighted by molar-refractivity contribution is 7.90. The molecular formula is C21H29N3O4S2. The maximum absolute atomic E-state index is 13.2. The van der Waals surface area contributed by atoms with Crippen molar-refractivity contribution in [3.63, 3.8) is 0 Å². The van der Waals surface area contributed by atoms with Gasteiger partial charge in [-0.15, -0.1) is 0 Å². The number of nitrogens with zero attached hydrogens (tertiary/aromatic N) is 3. The Balaban J connectivity index is 1.94. The number of hydrogen-bond donors (Lipinski definition) is 0. The molecule has 1 aliphatic rings. The van der Waals surface area contributed by atoms with E-state index in [9.17, 15) is 16.8 Å². The molecule has 0 atom stereocenters. The van der Waals surface area contributed by atoms with Gasteiger partial charge in [0.25, 0.3) is 0 Å². The standard InChI is InChI=1S/C21H29N3O4S2/c1-4-5-14-22-15-23(29(25,26)20-10-6-18(2)7-11-20)17-24(16-22)30(27,28)21-12-8-19(3)9-13-21/h6-13H,4-5,14-17H2,1-3H3. The lowest BCUT2D eigenvalue weighted by atomic mass is 10.2. The Hall–Kier alpha value is -1.78. The molecule has 0 spiro atoms. The number of sulfonamides is 2. The predicted octanol–water partition coefficient (Wildman–Crippen LogP) is 2.97. The average molecular weight is 452 g/mol. The monoisotopic (exact) mass is 451 g/mol. The summed E-state index contributed by atoms with van der Waals surface area (Å²) in [5.74, 6) is 0. The van der Waals surface area contributed by atoms with Gasteiger partial charge in [0.1, 0.15) is 0 Å². The second-order valence-electron chi connectivity index (χ2n) is 7.71. The summed E-state index contributed by atoms with van der Waals surface area (Å²) in [7, 11) is -7.67. The lowest BCUT2D eigenvalue weighted by Gasteiger charge is -2.40. The third kappa shape index (κ3) is 4.92. The van der Waals surface area contributed by atoms with Gasteiger partial charge in [-0.3, -0.25) is 4.90 Å². The van der Waals surface area contributed by atoms with Crippen LogP contribution in [0, 0.1) is 13.8 Å². The molecule has 7 nitrogen and oxygen atoms in total. The molecule has 9 heteroatoms. The number of hydrogen-bond acceptors (Lipinski definition) is 5. The molecule has 0 unspecified atom stereocenters. The molecule has 0 aromatic heterocycles. The van der Waals surface area contributed by atoms with Crippen LogP contribution in [0.5, 0.6) is 0 Å². The summed E-state index contributed by atoms with van der Waals surface area (Å²) in [5.41, 5.74) is 1.92. The van der Waals surface area contributed by atoms with Crippen molar-refractivity contribution in [2.75, 3.05) is 26.6 Å². The van der Waals surface area contributed by atoms with E-state index in [2.05, 4.69) is 0 Å². The molecule has 0 radical (unpaired) electrons. The van der Waals surface area contributed by atoms with Gasteiger partial charge in [-0.1, -0.05) is 48.7 Å². The topological polar surface area (TPSA) is 78.0 Å². The molecular weight excluding hydrogens is 422 g/mol. The Morgan fingerprint density at radius 3 is 1.47 bits per heavy atom. The van der Waals surface area contributed by atoms with Crippen LogP contribution in [0.15, 0.2) is 58.3 Å². The van der Waals surface area contributed by atoms with Gasteiger partial charge in [-0.25, -0.2) is 16.8 Å². The van der Waals surface area contributed by atoms with Crippen molar-refractivity contribution in [1.82, 2.24) is 13.5 Å². The van der Waals surface area contributed by atoms with E-state index in [1.165, 1.54) is 8.61 Å². The summed E-state index contributed by atoms with van der Waals surface area (Å²) < 4.78 is 55.5. The van der Waals surface area contributed by atoms with Gasteiger partial charge in [0.2, 0.25) is 20.0 Å². The van der Waals surface area contributed by atoms with Crippen molar-refractivity contribution in [3.05, 3.63) is 59.7 Å². The second kappa shape index (κ2) is 9.15. The van der Waals surface area contributed by atoms with Crippen molar-refractivity contribution in [1.29, 1.82) is 0 Å². The normalized spacial score (nSPS) is 17.3. The lowest BCUT2D eigenvalue weighted by Crippen LogP contribution is -2.57. The summed E-state index contributed by atoms with van der Waals surface area (Å²) in [6.07, 6.45) is 1.79. The summed E-state index contributed by atoms with van der Waals surface area (Å²) in [6, 6.07) is 13.2. The molecule has 30 heavy (non-hydrogen) atoms. The quantitative estimate of drug-likeness (QED) is 0.647. The molecule has 1 aliphatic heterocycles. The Morgan fingerprint density at radius 2 is 1.10 bits per heavy atom. The van der Waals surface area contributed by atoms with Crippen LogP contribution in [-0.4, -0.2) is 56.9 Å². The molecule has 1 heterocycles. The summed E-state index contributed by atoms with van der Waals surface area (Å²) in [5, 5.41) is 0. The molecule has 0 bridgehead atoms. The number of rotatable bonds is 7. The zero-order chi connectivity index (χ0) is 21.9. The summed E-state index contributed by atoms with van der Waals surface area (Å²) >= 11 is 0. The molecule has 0 N–H and O–H groups in total. The van der Waals surface area contributed by atoms with Gasteiger partial charge in [0.15, 0.2) is 0 Å². The first-order chi connectivity index (χ1) is 14.1. The van der Waals surface area contributed by atoms with Gasteiger partial charge in [-0.2, -0.15) is 8.61 Å². The van der Waals surface area contributed by atoms with Gasteiger partial charge in [0.05, 0.1) is 29.8 Å². The predicted molar refractivity (Wildman–Crippen MR) is 117 cm³/mol. The number of benzene rings is 2. The third-order valence-corrected chi connectivity index (χ3v) is 8.73. The smallest absolute Gasteiger partial charge is 0.245 e. The van der Waals surface area contributed by atoms with Crippen molar-refractivity contribution in [3.8, 4) is 0 Å². The van der Waals surface area contributed by atoms with Crippen LogP contribution < -0.4 is 0 Å². The number of unbranched alkanes of at least 4 members (excludes halogenated alkanes) is 1. The molecule has 0 amide bonds. The van der Waals surface area contributed by atoms with E-state index in [0.717, 1.165) is 24.0 Å². The van der Waals surface area contributed by atoms with Crippen molar-refractivity contribution < 1.29 is 16.8 Å². The first-order valence-electron chi connectivity index (χ1n) is 10.0. The number of aryl methyl sites for hydroxylation is 2. The highest BCUT2D eigenvalue weighted by Crippen LogP contribution is 2.25. The fourth-order valence-electron chi connectivity index (χ4n) is 3.30. The SMILES string of the molecule is CCCCN1CN(S(=O)(=O)c2ccc(C)cc2)CN(S(=O)(=O)c2ccc(C)cc2)C1. The first kappa shape index (κ1) is 22.9. The molecule has 2 aromatic rings. The van der Waals surface area contributed by atoms with E-state index in [4.69, 9.17) is 0 Å². The highest BCUT2D eigenvalue weighted by atomic mass is 32.2. The molecule has 0 saturated carbocycles. The van der Waals surface area contributed by atoms with Crippen LogP contribution in [0.2, 0.25) is 0 Å². The minimum Gasteiger partial charge on any atom is -0.275 e. The molecule has 1 saturated heterocycles. The minimum atomic E-state index is -3.83. The maximum Gasteiger partial charge on any atom is 0.245 e. The van der Waals surface area contributed by atoms with Crippen LogP contribution in [0.4, 0.5) is 0 Å². The molecule has 3 rings (SSSR count). The van der Waals surface area contributed by atoms with Gasteiger partial charge in [0, 0.05) is 6.54 Å². The Morgan fingerprint density at radius 1 is 0.700 bits per heavy atom. The zero-order valence-corrected chi connectivity index (χ0v) is 19.3. The molecule has 2 aromatic carbocycles.